The van der Waals surface area contributed by atoms with E-state index in [2.05, 4.69) is 0 Å². The van der Waals surface area contributed by atoms with Crippen molar-refractivity contribution >= 4 is 17.3 Å². The number of nitrogens with two attached hydrogens (primary N) is 1. The summed E-state index contributed by atoms with van der Waals surface area (Å²) in [5, 5.41) is 1.77. The van der Waals surface area contributed by atoms with E-state index in [1.807, 2.05) is 0 Å². The fourth-order valence-corrected chi connectivity index (χ4v) is 1.19. The Labute approximate surface area is 90.4 Å². The van der Waals surface area contributed by atoms with Gasteiger partial charge in [-0.05, 0) is 31.0 Å². The number of amides is 1. The molecule has 6 heteroatoms. The number of hydrogen-bond donors (Lipinski definition) is 2. The molecule has 0 bridgehead atoms. The lowest BCUT2D eigenvalue weighted by Crippen LogP contribution is -2.30. The summed E-state index contributed by atoms with van der Waals surface area (Å²) in [6.45, 7) is 3.32. The molecule has 1 aromatic carbocycles. The van der Waals surface area contributed by atoms with Crippen molar-refractivity contribution in [1.29, 1.82) is 0 Å². The summed E-state index contributed by atoms with van der Waals surface area (Å²) in [4.78, 5) is 10.8. The zero-order valence-electron chi connectivity index (χ0n) is 8.77. The molecule has 88 valence electrons. The van der Waals surface area contributed by atoms with Gasteiger partial charge in [0.1, 0.15) is 0 Å². The molecule has 0 aliphatic heterocycles. The van der Waals surface area contributed by atoms with Gasteiger partial charge in [-0.15, -0.1) is 0 Å². The van der Waals surface area contributed by atoms with E-state index in [1.54, 1.807) is 25.2 Å². The largest absolute Gasteiger partial charge is 0.471 e. The predicted molar refractivity (Wildman–Crippen MR) is 55.0 cm³/mol. The molecular formula is C10H11F3N2O. The fraction of sp³-hybridized carbons (Fsp3) is 0.300. The van der Waals surface area contributed by atoms with E-state index in [0.29, 0.717) is 5.56 Å². The molecule has 1 aromatic rings. The van der Waals surface area contributed by atoms with E-state index in [4.69, 9.17) is 5.73 Å². The summed E-state index contributed by atoms with van der Waals surface area (Å²) in [7, 11) is 0. The number of anilines is 2. The molecule has 0 radical (unpaired) electrons. The highest BCUT2D eigenvalue weighted by molar-refractivity contribution is 5.98. The first-order valence-electron chi connectivity index (χ1n) is 4.47. The number of nitrogen functional groups attached to an aromatic ring is 1. The third-order valence-corrected chi connectivity index (χ3v) is 2.26. The van der Waals surface area contributed by atoms with Crippen LogP contribution in [0, 0.1) is 13.8 Å². The SMILES string of the molecule is Cc1ccc(N)c(NC(=O)C(F)(F)F)c1C. The van der Waals surface area contributed by atoms with Crippen molar-refractivity contribution in [3.63, 3.8) is 0 Å². The molecule has 1 amide bonds. The number of carbonyl (C=O) groups excluding carboxylic acids is 1. The molecule has 0 saturated carbocycles. The van der Waals surface area contributed by atoms with Gasteiger partial charge >= 0.3 is 12.1 Å². The van der Waals surface area contributed by atoms with Crippen LogP contribution in [0.3, 0.4) is 0 Å². The Morgan fingerprint density at radius 3 is 2.38 bits per heavy atom. The van der Waals surface area contributed by atoms with Gasteiger partial charge < -0.3 is 11.1 Å². The lowest BCUT2D eigenvalue weighted by atomic mass is 10.1. The Hall–Kier alpha value is -1.72. The molecule has 16 heavy (non-hydrogen) atoms. The van der Waals surface area contributed by atoms with Crippen LogP contribution in [-0.4, -0.2) is 12.1 Å². The van der Waals surface area contributed by atoms with Gasteiger partial charge in [-0.3, -0.25) is 4.79 Å². The van der Waals surface area contributed by atoms with Crippen LogP contribution in [0.15, 0.2) is 12.1 Å². The van der Waals surface area contributed by atoms with E-state index >= 15 is 0 Å². The number of rotatable bonds is 1. The van der Waals surface area contributed by atoms with Crippen LogP contribution in [-0.2, 0) is 4.79 Å². The van der Waals surface area contributed by atoms with Crippen molar-refractivity contribution in [2.24, 2.45) is 0 Å². The van der Waals surface area contributed by atoms with Crippen LogP contribution in [0.25, 0.3) is 0 Å². The number of carbonyl (C=O) groups is 1. The van der Waals surface area contributed by atoms with Crippen LogP contribution in [0.1, 0.15) is 11.1 Å². The van der Waals surface area contributed by atoms with Gasteiger partial charge in [-0.1, -0.05) is 6.07 Å². The van der Waals surface area contributed by atoms with Gasteiger partial charge in [0.05, 0.1) is 11.4 Å². The van der Waals surface area contributed by atoms with Gasteiger partial charge in [-0.25, -0.2) is 0 Å². The van der Waals surface area contributed by atoms with Gasteiger partial charge in [0.2, 0.25) is 0 Å². The first kappa shape index (κ1) is 12.4. The fourth-order valence-electron chi connectivity index (χ4n) is 1.19. The van der Waals surface area contributed by atoms with Gasteiger partial charge in [0.15, 0.2) is 0 Å². The zero-order chi connectivity index (χ0) is 12.5. The normalized spacial score (nSPS) is 11.3. The van der Waals surface area contributed by atoms with Crippen LogP contribution in [0.2, 0.25) is 0 Å². The van der Waals surface area contributed by atoms with Crippen LogP contribution in [0.5, 0.6) is 0 Å². The second kappa shape index (κ2) is 4.03. The molecule has 0 atom stereocenters. The number of benzene rings is 1. The Morgan fingerprint density at radius 2 is 1.88 bits per heavy atom. The number of hydrogen-bond acceptors (Lipinski definition) is 2. The summed E-state index contributed by atoms with van der Waals surface area (Å²) >= 11 is 0. The van der Waals surface area contributed by atoms with Gasteiger partial charge in [-0.2, -0.15) is 13.2 Å². The van der Waals surface area contributed by atoms with Crippen molar-refractivity contribution in [2.75, 3.05) is 11.1 Å². The lowest BCUT2D eigenvalue weighted by Gasteiger charge is -2.14. The van der Waals surface area contributed by atoms with E-state index in [9.17, 15) is 18.0 Å². The molecule has 0 aromatic heterocycles. The zero-order valence-corrected chi connectivity index (χ0v) is 8.77. The standard InChI is InChI=1S/C10H11F3N2O/c1-5-3-4-7(14)8(6(5)2)15-9(16)10(11,12)13/h3-4H,14H2,1-2H3,(H,15,16). The second-order valence-corrected chi connectivity index (χ2v) is 3.42. The van der Waals surface area contributed by atoms with Crippen molar-refractivity contribution in [1.82, 2.24) is 0 Å². The van der Waals surface area contributed by atoms with Crippen molar-refractivity contribution in [2.45, 2.75) is 20.0 Å². The average Bonchev–Trinajstić information content (AvgIpc) is 2.17. The minimum atomic E-state index is -4.91. The molecule has 0 saturated heterocycles. The molecule has 0 aliphatic rings. The Bertz CT molecular complexity index is 427. The summed E-state index contributed by atoms with van der Waals surface area (Å²) in [5.41, 5.74) is 6.91. The first-order chi connectivity index (χ1) is 7.23. The number of nitrogens with one attached hydrogen (secondary N) is 1. The van der Waals surface area contributed by atoms with Crippen LogP contribution >= 0.6 is 0 Å². The summed E-state index contributed by atoms with van der Waals surface area (Å²) in [6.07, 6.45) is -4.91. The van der Waals surface area contributed by atoms with E-state index in [1.165, 1.54) is 6.07 Å². The maximum atomic E-state index is 12.0. The highest BCUT2D eigenvalue weighted by Crippen LogP contribution is 2.27. The quantitative estimate of drug-likeness (QED) is 0.730. The molecule has 3 nitrogen and oxygen atoms in total. The minimum absolute atomic E-state index is 0.0160. The smallest absolute Gasteiger partial charge is 0.397 e. The maximum absolute atomic E-state index is 12.0. The summed E-state index contributed by atoms with van der Waals surface area (Å²) in [5.74, 6) is -2.02. The Balaban J connectivity index is 3.07. The molecule has 1 rings (SSSR count). The molecule has 0 unspecified atom stereocenters. The number of halogens is 3. The monoisotopic (exact) mass is 232 g/mol. The van der Waals surface area contributed by atoms with Gasteiger partial charge in [0, 0.05) is 0 Å². The molecular weight excluding hydrogens is 221 g/mol. The van der Waals surface area contributed by atoms with Crippen molar-refractivity contribution < 1.29 is 18.0 Å². The molecule has 0 fully saturated rings. The third-order valence-electron chi connectivity index (χ3n) is 2.26. The highest BCUT2D eigenvalue weighted by Gasteiger charge is 2.39. The molecule has 0 aliphatic carbocycles. The van der Waals surface area contributed by atoms with Gasteiger partial charge in [0.25, 0.3) is 0 Å². The van der Waals surface area contributed by atoms with Crippen molar-refractivity contribution in [3.05, 3.63) is 23.3 Å². The van der Waals surface area contributed by atoms with Crippen LogP contribution in [0.4, 0.5) is 24.5 Å². The first-order valence-corrected chi connectivity index (χ1v) is 4.47. The maximum Gasteiger partial charge on any atom is 0.471 e. The Kier molecular flexibility index (Phi) is 3.11. The predicted octanol–water partition coefficient (Wildman–Crippen LogP) is 2.39. The number of aryl methyl sites for hydroxylation is 1. The second-order valence-electron chi connectivity index (χ2n) is 3.42. The molecule has 0 spiro atoms. The van der Waals surface area contributed by atoms with E-state index < -0.39 is 12.1 Å². The summed E-state index contributed by atoms with van der Waals surface area (Å²) < 4.78 is 36.1. The lowest BCUT2D eigenvalue weighted by molar-refractivity contribution is -0.167. The Morgan fingerprint density at radius 1 is 1.31 bits per heavy atom. The summed E-state index contributed by atoms with van der Waals surface area (Å²) in [6, 6.07) is 3.13. The minimum Gasteiger partial charge on any atom is -0.397 e. The van der Waals surface area contributed by atoms with E-state index in [-0.39, 0.29) is 11.4 Å². The third kappa shape index (κ3) is 2.44. The van der Waals surface area contributed by atoms with Crippen LogP contribution < -0.4 is 11.1 Å². The number of alkyl halides is 3. The van der Waals surface area contributed by atoms with E-state index in [0.717, 1.165) is 5.56 Å². The topological polar surface area (TPSA) is 55.1 Å². The molecule has 0 heterocycles. The average molecular weight is 232 g/mol. The highest BCUT2D eigenvalue weighted by atomic mass is 19.4. The molecule has 3 N–H and O–H groups in total. The van der Waals surface area contributed by atoms with Crippen molar-refractivity contribution in [3.8, 4) is 0 Å².